The fourth-order valence-electron chi connectivity index (χ4n) is 6.47. The first kappa shape index (κ1) is 35.8. The predicted octanol–water partition coefficient (Wildman–Crippen LogP) is 6.79. The van der Waals surface area contributed by atoms with Gasteiger partial charge in [-0.05, 0) is 82.2 Å². The number of phenols is 1. The number of ketones is 1. The molecule has 268 valence electrons. The molecular formula is C39H44ClN5O6. The van der Waals surface area contributed by atoms with Crippen LogP contribution in [-0.2, 0) is 11.3 Å². The van der Waals surface area contributed by atoms with E-state index in [-0.39, 0.29) is 28.9 Å². The molecule has 11 nitrogen and oxygen atoms in total. The van der Waals surface area contributed by atoms with Crippen LogP contribution in [0.5, 0.6) is 11.5 Å². The third-order valence-corrected chi connectivity index (χ3v) is 9.25. The minimum Gasteiger partial charge on any atom is -0.507 e. The van der Waals surface area contributed by atoms with E-state index in [1.807, 2.05) is 70.2 Å². The molecular weight excluding hydrogens is 670 g/mol. The van der Waals surface area contributed by atoms with Gasteiger partial charge >= 0.3 is 11.8 Å². The number of benzene rings is 3. The van der Waals surface area contributed by atoms with Crippen LogP contribution < -0.4 is 15.3 Å². The van der Waals surface area contributed by atoms with Crippen LogP contribution in [0.25, 0.3) is 22.8 Å². The van der Waals surface area contributed by atoms with Crippen molar-refractivity contribution in [3.05, 3.63) is 98.9 Å². The highest BCUT2D eigenvalue weighted by Gasteiger charge is 2.26. The second-order valence-corrected chi connectivity index (χ2v) is 14.2. The number of H-pyrrole nitrogens is 1. The number of nitrogens with one attached hydrogen (secondary N) is 1. The predicted molar refractivity (Wildman–Crippen MR) is 201 cm³/mol. The Kier molecular flexibility index (Phi) is 10.6. The number of carbonyl (C=O) groups excluding carboxylic acids is 2. The molecule has 0 bridgehead atoms. The SMILES string of the molecule is CCOc1cc(O)c(C(=O)/C=C/c2ccc(N3CCN(C(=O)OC(C)(C)C)CC3)cc2Cl)cc1CN1CCC=C(n2c(=O)[nH]c3ccccc32)C1. The van der Waals surface area contributed by atoms with E-state index in [1.165, 1.54) is 12.1 Å². The van der Waals surface area contributed by atoms with E-state index in [0.717, 1.165) is 40.9 Å². The quantitative estimate of drug-likeness (QED) is 0.144. The second-order valence-electron chi connectivity index (χ2n) is 13.7. The maximum absolute atomic E-state index is 13.5. The Labute approximate surface area is 302 Å². The van der Waals surface area contributed by atoms with Gasteiger partial charge in [-0.3, -0.25) is 14.3 Å². The summed E-state index contributed by atoms with van der Waals surface area (Å²) in [5.74, 6) is -0.0466. The molecule has 0 atom stereocenters. The average Bonchev–Trinajstić information content (AvgIpc) is 3.44. The zero-order chi connectivity index (χ0) is 36.3. The highest BCUT2D eigenvalue weighted by molar-refractivity contribution is 6.32. The van der Waals surface area contributed by atoms with Crippen molar-refractivity contribution in [1.82, 2.24) is 19.4 Å². The number of piperazine rings is 1. The molecule has 3 aromatic carbocycles. The van der Waals surface area contributed by atoms with Crippen molar-refractivity contribution in [2.75, 3.05) is 50.8 Å². The lowest BCUT2D eigenvalue weighted by molar-refractivity contribution is 0.0240. The van der Waals surface area contributed by atoms with E-state index in [4.69, 9.17) is 21.1 Å². The van der Waals surface area contributed by atoms with Gasteiger partial charge in [0, 0.05) is 73.9 Å². The van der Waals surface area contributed by atoms with Crippen LogP contribution in [0.4, 0.5) is 10.5 Å². The standard InChI is InChI=1S/C39H44ClN5O6/c1-5-50-36-23-35(47)30(21-27(36)24-42-16-8-9-29(25-42)45-33-11-7-6-10-32(33)41-37(45)48)34(46)15-13-26-12-14-28(22-31(26)40)43-17-19-44(20-18-43)38(49)51-39(2,3)4/h6-7,9-15,21-23,47H,5,8,16-20,24-25H2,1-4H3,(H,41,48)/b15-13+. The maximum Gasteiger partial charge on any atom is 0.410 e. The number of para-hydroxylation sites is 2. The molecule has 2 aliphatic rings. The van der Waals surface area contributed by atoms with E-state index in [9.17, 15) is 19.5 Å². The highest BCUT2D eigenvalue weighted by Crippen LogP contribution is 2.32. The van der Waals surface area contributed by atoms with Gasteiger partial charge in [-0.1, -0.05) is 35.9 Å². The number of imidazole rings is 1. The molecule has 3 heterocycles. The Bertz CT molecular complexity index is 2050. The molecule has 51 heavy (non-hydrogen) atoms. The molecule has 0 aliphatic carbocycles. The van der Waals surface area contributed by atoms with Gasteiger partial charge in [-0.25, -0.2) is 9.59 Å². The van der Waals surface area contributed by atoms with Crippen LogP contribution in [0.3, 0.4) is 0 Å². The summed E-state index contributed by atoms with van der Waals surface area (Å²) in [7, 11) is 0. The van der Waals surface area contributed by atoms with Gasteiger partial charge in [0.15, 0.2) is 5.78 Å². The molecule has 0 unspecified atom stereocenters. The fourth-order valence-corrected chi connectivity index (χ4v) is 6.70. The van der Waals surface area contributed by atoms with E-state index in [1.54, 1.807) is 21.6 Å². The zero-order valence-electron chi connectivity index (χ0n) is 29.4. The number of carbonyl (C=O) groups is 2. The van der Waals surface area contributed by atoms with Crippen LogP contribution in [-0.4, -0.2) is 87.8 Å². The van der Waals surface area contributed by atoms with Crippen LogP contribution >= 0.6 is 11.6 Å². The van der Waals surface area contributed by atoms with Crippen molar-refractivity contribution in [2.24, 2.45) is 0 Å². The van der Waals surface area contributed by atoms with Crippen molar-refractivity contribution in [3.63, 3.8) is 0 Å². The van der Waals surface area contributed by atoms with Gasteiger partial charge in [0.1, 0.15) is 17.1 Å². The zero-order valence-corrected chi connectivity index (χ0v) is 30.2. The van der Waals surface area contributed by atoms with Gasteiger partial charge in [-0.15, -0.1) is 0 Å². The minimum atomic E-state index is -0.543. The Morgan fingerprint density at radius 1 is 1.02 bits per heavy atom. The summed E-state index contributed by atoms with van der Waals surface area (Å²) in [6, 6.07) is 16.4. The van der Waals surface area contributed by atoms with E-state index in [0.29, 0.717) is 62.2 Å². The smallest absolute Gasteiger partial charge is 0.410 e. The molecule has 0 radical (unpaired) electrons. The van der Waals surface area contributed by atoms with Gasteiger partial charge in [0.25, 0.3) is 0 Å². The number of amides is 1. The molecule has 1 fully saturated rings. The molecule has 1 amide bonds. The first-order valence-corrected chi connectivity index (χ1v) is 17.6. The van der Waals surface area contributed by atoms with Gasteiger partial charge in [0.05, 0.1) is 23.2 Å². The third-order valence-electron chi connectivity index (χ3n) is 8.92. The summed E-state index contributed by atoms with van der Waals surface area (Å²) in [6.45, 7) is 11.9. The minimum absolute atomic E-state index is 0.154. The van der Waals surface area contributed by atoms with Gasteiger partial charge in [0.2, 0.25) is 0 Å². The summed E-state index contributed by atoms with van der Waals surface area (Å²) < 4.78 is 13.1. The molecule has 2 N–H and O–H groups in total. The molecule has 12 heteroatoms. The number of ether oxygens (including phenoxy) is 2. The normalized spacial score (nSPS) is 15.7. The first-order chi connectivity index (χ1) is 24.4. The number of nitrogens with zero attached hydrogens (tertiary/aromatic N) is 4. The second kappa shape index (κ2) is 15.1. The Balaban J connectivity index is 1.14. The summed E-state index contributed by atoms with van der Waals surface area (Å²) in [6.07, 6.45) is 5.58. The Morgan fingerprint density at radius 2 is 1.78 bits per heavy atom. The number of hydrogen-bond donors (Lipinski definition) is 2. The largest absolute Gasteiger partial charge is 0.507 e. The third kappa shape index (κ3) is 8.32. The number of hydrogen-bond acceptors (Lipinski definition) is 8. The molecule has 6 rings (SSSR count). The number of halogens is 1. The molecule has 1 aromatic heterocycles. The summed E-state index contributed by atoms with van der Waals surface area (Å²) in [5, 5.41) is 11.4. The maximum atomic E-state index is 13.5. The number of anilines is 1. The molecule has 1 saturated heterocycles. The molecule has 4 aromatic rings. The number of aromatic nitrogens is 2. The number of aromatic hydroxyl groups is 1. The number of phenolic OH excluding ortho intramolecular Hbond substituents is 1. The summed E-state index contributed by atoms with van der Waals surface area (Å²) >= 11 is 6.67. The number of allylic oxidation sites excluding steroid dienone is 1. The van der Waals surface area contributed by atoms with E-state index in [2.05, 4.69) is 20.9 Å². The lowest BCUT2D eigenvalue weighted by Gasteiger charge is -2.36. The van der Waals surface area contributed by atoms with Crippen molar-refractivity contribution in [1.29, 1.82) is 0 Å². The van der Waals surface area contributed by atoms with Crippen LogP contribution in [0.1, 0.15) is 55.6 Å². The van der Waals surface area contributed by atoms with Gasteiger partial charge in [-0.2, -0.15) is 0 Å². The lowest BCUT2D eigenvalue weighted by Crippen LogP contribution is -2.50. The first-order valence-electron chi connectivity index (χ1n) is 17.2. The van der Waals surface area contributed by atoms with Crippen molar-refractivity contribution in [2.45, 2.75) is 46.3 Å². The highest BCUT2D eigenvalue weighted by atomic mass is 35.5. The Morgan fingerprint density at radius 3 is 2.51 bits per heavy atom. The van der Waals surface area contributed by atoms with E-state index < -0.39 is 5.60 Å². The van der Waals surface area contributed by atoms with Crippen LogP contribution in [0.2, 0.25) is 5.02 Å². The molecule has 0 saturated carbocycles. The molecule has 2 aliphatic heterocycles. The number of aromatic amines is 1. The summed E-state index contributed by atoms with van der Waals surface area (Å²) in [4.78, 5) is 47.8. The number of fused-ring (bicyclic) bond motifs is 1. The lowest BCUT2D eigenvalue weighted by atomic mass is 10.0. The fraction of sp³-hybridized carbons (Fsp3) is 0.359. The monoisotopic (exact) mass is 713 g/mol. The van der Waals surface area contributed by atoms with Crippen molar-refractivity contribution in [3.8, 4) is 11.5 Å². The van der Waals surface area contributed by atoms with Crippen LogP contribution in [0, 0.1) is 0 Å². The van der Waals surface area contributed by atoms with Crippen molar-refractivity contribution < 1.29 is 24.2 Å². The molecule has 0 spiro atoms. The topological polar surface area (TPSA) is 120 Å². The van der Waals surface area contributed by atoms with E-state index >= 15 is 0 Å². The summed E-state index contributed by atoms with van der Waals surface area (Å²) in [5.41, 5.74) is 4.25. The average molecular weight is 714 g/mol. The number of rotatable bonds is 9. The van der Waals surface area contributed by atoms with Crippen molar-refractivity contribution >= 4 is 52.0 Å². The van der Waals surface area contributed by atoms with Gasteiger partial charge < -0.3 is 29.4 Å². The Hall–Kier alpha value is -5.00. The van der Waals surface area contributed by atoms with Crippen LogP contribution in [0.15, 0.2) is 71.5 Å².